The molecule has 184 valence electrons. The molecule has 3 aromatic rings. The summed E-state index contributed by atoms with van der Waals surface area (Å²) in [4.78, 5) is 31.4. The van der Waals surface area contributed by atoms with Gasteiger partial charge in [-0.15, -0.1) is 0 Å². The molecular formula is C24H26F2N6O3. The number of aliphatic hydroxyl groups is 1. The number of nitrogens with zero attached hydrogens (tertiary/aromatic N) is 4. The van der Waals surface area contributed by atoms with E-state index in [9.17, 15) is 13.6 Å². The summed E-state index contributed by atoms with van der Waals surface area (Å²) in [5.74, 6) is -1.12. The largest absolute Gasteiger partial charge is 0.387 e. The van der Waals surface area contributed by atoms with Gasteiger partial charge in [0.05, 0.1) is 18.3 Å². The fourth-order valence-electron chi connectivity index (χ4n) is 4.40. The zero-order valence-electron chi connectivity index (χ0n) is 19.2. The van der Waals surface area contributed by atoms with E-state index in [0.717, 1.165) is 12.8 Å². The van der Waals surface area contributed by atoms with Gasteiger partial charge in [0.15, 0.2) is 0 Å². The molecule has 1 aliphatic rings. The molecule has 0 saturated carbocycles. The summed E-state index contributed by atoms with van der Waals surface area (Å²) < 4.78 is 29.4. The van der Waals surface area contributed by atoms with Gasteiger partial charge in [-0.3, -0.25) is 9.79 Å². The molecule has 0 bridgehead atoms. The molecule has 0 aliphatic carbocycles. The molecule has 0 spiro atoms. The third-order valence-corrected chi connectivity index (χ3v) is 6.10. The molecule has 9 nitrogen and oxygen atoms in total. The normalized spacial score (nSPS) is 15.3. The second-order valence-corrected chi connectivity index (χ2v) is 8.22. The highest BCUT2D eigenvalue weighted by Gasteiger charge is 2.27. The second kappa shape index (κ2) is 10.8. The molecule has 1 aromatic heterocycles. The van der Waals surface area contributed by atoms with Gasteiger partial charge >= 0.3 is 0 Å². The Morgan fingerprint density at radius 2 is 2.06 bits per heavy atom. The average Bonchev–Trinajstić information content (AvgIpc) is 2.87. The van der Waals surface area contributed by atoms with E-state index in [1.165, 1.54) is 37.7 Å². The lowest BCUT2D eigenvalue weighted by Gasteiger charge is -2.35. The minimum Gasteiger partial charge on any atom is -0.387 e. The van der Waals surface area contributed by atoms with Crippen molar-refractivity contribution >= 4 is 35.0 Å². The van der Waals surface area contributed by atoms with Crippen LogP contribution in [0.5, 0.6) is 0 Å². The van der Waals surface area contributed by atoms with Gasteiger partial charge < -0.3 is 20.2 Å². The molecule has 1 aliphatic heterocycles. The number of aliphatic hydroxyl groups excluding tert-OH is 1. The standard InChI is InChI=1S/C24H26F2N6O3/c1-27-23(31-35-2)14-5-7-32(8-6-14)24-18-11-16(25)10-17(22(18)28-13-29-24)15-3-4-20(19(26)9-15)30-21(34)12-33/h3-4,9-11,13-14,23,31,33H,1,5-8,12H2,2H3,(H,30,34). The number of aliphatic imine (C=N–C) groups is 1. The highest BCUT2D eigenvalue weighted by atomic mass is 19.1. The second-order valence-electron chi connectivity index (χ2n) is 8.22. The molecule has 1 atom stereocenters. The van der Waals surface area contributed by atoms with Crippen molar-refractivity contribution in [1.29, 1.82) is 0 Å². The zero-order valence-corrected chi connectivity index (χ0v) is 19.2. The fraction of sp³-hybridized carbons (Fsp3) is 0.333. The average molecular weight is 485 g/mol. The SMILES string of the molecule is C=NC(NOC)C1CCN(c2ncnc3c(-c4ccc(NC(=O)CO)c(F)c4)cc(F)cc23)CC1. The smallest absolute Gasteiger partial charge is 0.250 e. The molecule has 4 rings (SSSR count). The van der Waals surface area contributed by atoms with Gasteiger partial charge in [0.1, 0.15) is 36.6 Å². The quantitative estimate of drug-likeness (QED) is 0.333. The van der Waals surface area contributed by atoms with Crippen molar-refractivity contribution < 1.29 is 23.5 Å². The zero-order chi connectivity index (χ0) is 24.9. The van der Waals surface area contributed by atoms with Crippen LogP contribution in [0.1, 0.15) is 12.8 Å². The van der Waals surface area contributed by atoms with Crippen LogP contribution in [0.25, 0.3) is 22.0 Å². The van der Waals surface area contributed by atoms with E-state index in [0.29, 0.717) is 40.9 Å². The Morgan fingerprint density at radius 1 is 1.29 bits per heavy atom. The number of carbonyl (C=O) groups excluding carboxylic acids is 1. The van der Waals surface area contributed by atoms with Gasteiger partial charge in [0.2, 0.25) is 5.91 Å². The monoisotopic (exact) mass is 484 g/mol. The van der Waals surface area contributed by atoms with Crippen LogP contribution in [0.2, 0.25) is 0 Å². The number of amides is 1. The molecule has 2 aromatic carbocycles. The van der Waals surface area contributed by atoms with E-state index in [4.69, 9.17) is 9.94 Å². The predicted octanol–water partition coefficient (Wildman–Crippen LogP) is 2.90. The maximum absolute atomic E-state index is 14.7. The first-order valence-electron chi connectivity index (χ1n) is 11.1. The summed E-state index contributed by atoms with van der Waals surface area (Å²) >= 11 is 0. The number of hydrogen-bond acceptors (Lipinski definition) is 8. The van der Waals surface area contributed by atoms with Gasteiger partial charge in [0, 0.05) is 24.0 Å². The molecule has 0 radical (unpaired) electrons. The number of hydrogen-bond donors (Lipinski definition) is 3. The van der Waals surface area contributed by atoms with Crippen molar-refractivity contribution in [3.8, 4) is 11.1 Å². The van der Waals surface area contributed by atoms with Gasteiger partial charge in [-0.25, -0.2) is 18.7 Å². The summed E-state index contributed by atoms with van der Waals surface area (Å²) in [6, 6.07) is 6.79. The molecule has 1 unspecified atom stereocenters. The predicted molar refractivity (Wildman–Crippen MR) is 129 cm³/mol. The Labute approximate surface area is 200 Å². The Hall–Kier alpha value is -3.54. The number of aromatic nitrogens is 2. The summed E-state index contributed by atoms with van der Waals surface area (Å²) in [6.45, 7) is 4.21. The third-order valence-electron chi connectivity index (χ3n) is 6.10. The highest BCUT2D eigenvalue weighted by molar-refractivity contribution is 6.00. The van der Waals surface area contributed by atoms with Crippen LogP contribution >= 0.6 is 0 Å². The van der Waals surface area contributed by atoms with Crippen LogP contribution in [0.15, 0.2) is 41.7 Å². The number of anilines is 2. The molecule has 1 fully saturated rings. The number of piperidine rings is 1. The minimum absolute atomic E-state index is 0.0815. The fourth-order valence-corrected chi connectivity index (χ4v) is 4.40. The van der Waals surface area contributed by atoms with Crippen molar-refractivity contribution in [2.24, 2.45) is 10.9 Å². The molecule has 2 heterocycles. The van der Waals surface area contributed by atoms with E-state index < -0.39 is 24.1 Å². The third kappa shape index (κ3) is 5.26. The first-order valence-corrected chi connectivity index (χ1v) is 11.1. The van der Waals surface area contributed by atoms with Gasteiger partial charge in [-0.1, -0.05) is 6.07 Å². The highest BCUT2D eigenvalue weighted by Crippen LogP contribution is 2.35. The van der Waals surface area contributed by atoms with Crippen LogP contribution in [-0.2, 0) is 9.63 Å². The van der Waals surface area contributed by atoms with Crippen molar-refractivity contribution in [2.75, 3.05) is 37.0 Å². The molecule has 11 heteroatoms. The lowest BCUT2D eigenvalue weighted by molar-refractivity contribution is -0.118. The summed E-state index contributed by atoms with van der Waals surface area (Å²) in [5.41, 5.74) is 4.05. The van der Waals surface area contributed by atoms with Crippen LogP contribution in [0.3, 0.4) is 0 Å². The van der Waals surface area contributed by atoms with E-state index in [1.807, 2.05) is 0 Å². The van der Waals surface area contributed by atoms with E-state index in [2.05, 4.69) is 37.4 Å². The number of benzene rings is 2. The van der Waals surface area contributed by atoms with Gasteiger partial charge in [-0.05, 0) is 55.3 Å². The summed E-state index contributed by atoms with van der Waals surface area (Å²) in [5, 5.41) is 11.7. The van der Waals surface area contributed by atoms with Crippen LogP contribution in [0, 0.1) is 17.6 Å². The first kappa shape index (κ1) is 24.6. The molecule has 35 heavy (non-hydrogen) atoms. The van der Waals surface area contributed by atoms with Crippen molar-refractivity contribution in [1.82, 2.24) is 15.4 Å². The lowest BCUT2D eigenvalue weighted by atomic mass is 9.93. The molecule has 1 amide bonds. The maximum atomic E-state index is 14.7. The number of nitrogens with one attached hydrogen (secondary N) is 2. The van der Waals surface area contributed by atoms with E-state index in [1.54, 1.807) is 6.07 Å². The van der Waals surface area contributed by atoms with Crippen LogP contribution in [-0.4, -0.2) is 60.7 Å². The van der Waals surface area contributed by atoms with Gasteiger partial charge in [0.25, 0.3) is 0 Å². The topological polar surface area (TPSA) is 112 Å². The Kier molecular flexibility index (Phi) is 7.59. The Balaban J connectivity index is 1.65. The Morgan fingerprint density at radius 3 is 2.71 bits per heavy atom. The summed E-state index contributed by atoms with van der Waals surface area (Å²) in [6.07, 6.45) is 2.81. The number of fused-ring (bicyclic) bond motifs is 1. The number of rotatable bonds is 8. The minimum atomic E-state index is -0.764. The molecular weight excluding hydrogens is 458 g/mol. The first-order chi connectivity index (χ1) is 16.9. The van der Waals surface area contributed by atoms with E-state index >= 15 is 0 Å². The maximum Gasteiger partial charge on any atom is 0.250 e. The number of halogens is 2. The number of hydroxylamine groups is 1. The molecule has 3 N–H and O–H groups in total. The lowest BCUT2D eigenvalue weighted by Crippen LogP contribution is -2.42. The van der Waals surface area contributed by atoms with Gasteiger partial charge in [-0.2, -0.15) is 5.48 Å². The van der Waals surface area contributed by atoms with E-state index in [-0.39, 0.29) is 17.8 Å². The van der Waals surface area contributed by atoms with Crippen LogP contribution in [0.4, 0.5) is 20.3 Å². The van der Waals surface area contributed by atoms with Crippen molar-refractivity contribution in [2.45, 2.75) is 19.0 Å². The molecule has 1 saturated heterocycles. The van der Waals surface area contributed by atoms with Crippen molar-refractivity contribution in [3.63, 3.8) is 0 Å². The number of carbonyl (C=O) groups is 1. The Bertz CT molecular complexity index is 1230. The summed E-state index contributed by atoms with van der Waals surface area (Å²) in [7, 11) is 1.54. The van der Waals surface area contributed by atoms with Crippen molar-refractivity contribution in [3.05, 3.63) is 48.3 Å². The van der Waals surface area contributed by atoms with Crippen LogP contribution < -0.4 is 15.7 Å².